The van der Waals surface area contributed by atoms with Crippen LogP contribution in [-0.2, 0) is 0 Å². The maximum Gasteiger partial charge on any atom is 0.0223 e. The second-order valence-electron chi connectivity index (χ2n) is 8.14. The lowest BCUT2D eigenvalue weighted by atomic mass is 9.86. The third kappa shape index (κ3) is 5.01. The van der Waals surface area contributed by atoms with E-state index in [2.05, 4.69) is 30.6 Å². The molecular formula is C17H35N3. The molecule has 1 atom stereocenters. The number of nitrogens with zero attached hydrogens (tertiary/aromatic N) is 2. The van der Waals surface area contributed by atoms with Gasteiger partial charge in [0.15, 0.2) is 0 Å². The molecule has 0 saturated carbocycles. The van der Waals surface area contributed by atoms with Gasteiger partial charge in [-0.15, -0.1) is 0 Å². The summed E-state index contributed by atoms with van der Waals surface area (Å²) in [5.41, 5.74) is 6.41. The number of hydrogen-bond acceptors (Lipinski definition) is 3. The van der Waals surface area contributed by atoms with Crippen LogP contribution >= 0.6 is 0 Å². The molecular weight excluding hydrogens is 246 g/mol. The number of nitrogens with two attached hydrogens (primary N) is 1. The molecule has 2 fully saturated rings. The first-order valence-electron chi connectivity index (χ1n) is 8.64. The van der Waals surface area contributed by atoms with E-state index in [4.69, 9.17) is 5.73 Å². The monoisotopic (exact) mass is 281 g/mol. The molecule has 0 aromatic heterocycles. The maximum atomic E-state index is 6.03. The lowest BCUT2D eigenvalue weighted by molar-refractivity contribution is 0.0952. The molecule has 0 aromatic rings. The highest BCUT2D eigenvalue weighted by Gasteiger charge is 2.28. The second kappa shape index (κ2) is 7.24. The van der Waals surface area contributed by atoms with Crippen LogP contribution in [0.3, 0.4) is 0 Å². The Balaban J connectivity index is 1.74. The highest BCUT2D eigenvalue weighted by molar-refractivity contribution is 4.83. The third-order valence-electron chi connectivity index (χ3n) is 5.00. The number of piperidine rings is 1. The van der Waals surface area contributed by atoms with Gasteiger partial charge in [-0.1, -0.05) is 20.8 Å². The number of hydrogen-bond donors (Lipinski definition) is 1. The normalized spacial score (nSPS) is 25.2. The zero-order valence-corrected chi connectivity index (χ0v) is 13.9. The van der Waals surface area contributed by atoms with Crippen LogP contribution < -0.4 is 5.73 Å². The van der Waals surface area contributed by atoms with Crippen molar-refractivity contribution in [2.75, 3.05) is 39.3 Å². The van der Waals surface area contributed by atoms with E-state index in [1.807, 2.05) is 0 Å². The van der Waals surface area contributed by atoms with E-state index in [0.29, 0.717) is 11.5 Å². The molecule has 2 saturated heterocycles. The van der Waals surface area contributed by atoms with Crippen molar-refractivity contribution in [2.45, 2.75) is 58.9 Å². The zero-order chi connectivity index (χ0) is 14.6. The molecule has 3 nitrogen and oxygen atoms in total. The Hall–Kier alpha value is -0.120. The van der Waals surface area contributed by atoms with Gasteiger partial charge in [0.05, 0.1) is 0 Å². The van der Waals surface area contributed by atoms with Crippen LogP contribution in [0.15, 0.2) is 0 Å². The van der Waals surface area contributed by atoms with Crippen molar-refractivity contribution in [3.8, 4) is 0 Å². The summed E-state index contributed by atoms with van der Waals surface area (Å²) >= 11 is 0. The molecule has 2 N–H and O–H groups in total. The van der Waals surface area contributed by atoms with E-state index >= 15 is 0 Å². The van der Waals surface area contributed by atoms with Gasteiger partial charge in [-0.2, -0.15) is 0 Å². The quantitative estimate of drug-likeness (QED) is 0.840. The SMILES string of the molecule is CC(C)(C)CC(CN)N1CCC(CN2CCCC2)CC1. The van der Waals surface area contributed by atoms with Gasteiger partial charge in [0.1, 0.15) is 0 Å². The fraction of sp³-hybridized carbons (Fsp3) is 1.00. The fourth-order valence-electron chi connectivity index (χ4n) is 3.90. The Morgan fingerprint density at radius 3 is 2.15 bits per heavy atom. The summed E-state index contributed by atoms with van der Waals surface area (Å²) in [4.78, 5) is 5.33. The molecule has 0 radical (unpaired) electrons. The first-order chi connectivity index (χ1) is 9.48. The summed E-state index contributed by atoms with van der Waals surface area (Å²) in [6.07, 6.45) is 6.80. The first kappa shape index (κ1) is 16.3. The average molecular weight is 281 g/mol. The molecule has 0 amide bonds. The first-order valence-corrected chi connectivity index (χ1v) is 8.64. The van der Waals surface area contributed by atoms with Crippen molar-refractivity contribution in [3.63, 3.8) is 0 Å². The van der Waals surface area contributed by atoms with Crippen LogP contribution in [0.2, 0.25) is 0 Å². The highest BCUT2D eigenvalue weighted by Crippen LogP contribution is 2.27. The summed E-state index contributed by atoms with van der Waals surface area (Å²) < 4.78 is 0. The van der Waals surface area contributed by atoms with Crippen LogP contribution in [0.1, 0.15) is 52.9 Å². The zero-order valence-electron chi connectivity index (χ0n) is 13.9. The Labute approximate surface area is 125 Å². The van der Waals surface area contributed by atoms with Gasteiger partial charge in [-0.25, -0.2) is 0 Å². The van der Waals surface area contributed by atoms with E-state index in [1.165, 1.54) is 64.8 Å². The molecule has 2 aliphatic rings. The topological polar surface area (TPSA) is 32.5 Å². The largest absolute Gasteiger partial charge is 0.329 e. The minimum atomic E-state index is 0.385. The smallest absolute Gasteiger partial charge is 0.0223 e. The van der Waals surface area contributed by atoms with E-state index < -0.39 is 0 Å². The van der Waals surface area contributed by atoms with Crippen molar-refractivity contribution in [3.05, 3.63) is 0 Å². The molecule has 118 valence electrons. The van der Waals surface area contributed by atoms with Crippen LogP contribution in [0.5, 0.6) is 0 Å². The Kier molecular flexibility index (Phi) is 5.88. The van der Waals surface area contributed by atoms with Gasteiger partial charge < -0.3 is 10.6 Å². The van der Waals surface area contributed by atoms with Crippen LogP contribution in [0.25, 0.3) is 0 Å². The predicted octanol–water partition coefficient (Wildman–Crippen LogP) is 2.56. The van der Waals surface area contributed by atoms with E-state index in [0.717, 1.165) is 12.5 Å². The fourth-order valence-corrected chi connectivity index (χ4v) is 3.90. The summed E-state index contributed by atoms with van der Waals surface area (Å²) in [5.74, 6) is 0.928. The summed E-state index contributed by atoms with van der Waals surface area (Å²) in [7, 11) is 0. The number of rotatable bonds is 5. The Morgan fingerprint density at radius 1 is 1.05 bits per heavy atom. The Morgan fingerprint density at radius 2 is 1.65 bits per heavy atom. The summed E-state index contributed by atoms with van der Waals surface area (Å²) in [6.45, 7) is 14.4. The number of likely N-dealkylation sites (tertiary alicyclic amines) is 2. The summed E-state index contributed by atoms with van der Waals surface area (Å²) in [6, 6.07) is 0.586. The lowest BCUT2D eigenvalue weighted by Crippen LogP contribution is -2.47. The minimum absolute atomic E-state index is 0.385. The minimum Gasteiger partial charge on any atom is -0.329 e. The molecule has 2 heterocycles. The van der Waals surface area contributed by atoms with Crippen molar-refractivity contribution in [2.24, 2.45) is 17.1 Å². The van der Waals surface area contributed by atoms with Gasteiger partial charge >= 0.3 is 0 Å². The molecule has 1 unspecified atom stereocenters. The van der Waals surface area contributed by atoms with Crippen molar-refractivity contribution in [1.29, 1.82) is 0 Å². The standard InChI is InChI=1S/C17H35N3/c1-17(2,3)12-16(13-18)20-10-6-15(7-11-20)14-19-8-4-5-9-19/h15-16H,4-14,18H2,1-3H3. The average Bonchev–Trinajstić information content (AvgIpc) is 2.89. The Bertz CT molecular complexity index is 270. The van der Waals surface area contributed by atoms with Crippen LogP contribution in [0.4, 0.5) is 0 Å². The van der Waals surface area contributed by atoms with Crippen molar-refractivity contribution >= 4 is 0 Å². The third-order valence-corrected chi connectivity index (χ3v) is 5.00. The highest BCUT2D eigenvalue weighted by atomic mass is 15.2. The maximum absolute atomic E-state index is 6.03. The van der Waals surface area contributed by atoms with Gasteiger partial charge in [0.2, 0.25) is 0 Å². The van der Waals surface area contributed by atoms with Gasteiger partial charge in [0.25, 0.3) is 0 Å². The van der Waals surface area contributed by atoms with Crippen molar-refractivity contribution < 1.29 is 0 Å². The predicted molar refractivity (Wildman–Crippen MR) is 86.9 cm³/mol. The molecule has 0 aliphatic carbocycles. The van der Waals surface area contributed by atoms with Crippen molar-refractivity contribution in [1.82, 2.24) is 9.80 Å². The van der Waals surface area contributed by atoms with Gasteiger partial charge in [-0.3, -0.25) is 4.90 Å². The second-order valence-corrected chi connectivity index (χ2v) is 8.14. The van der Waals surface area contributed by atoms with E-state index in [1.54, 1.807) is 0 Å². The molecule has 3 heteroatoms. The van der Waals surface area contributed by atoms with Crippen LogP contribution in [0, 0.1) is 11.3 Å². The van der Waals surface area contributed by atoms with Gasteiger partial charge in [0, 0.05) is 19.1 Å². The van der Waals surface area contributed by atoms with Gasteiger partial charge in [-0.05, 0) is 69.6 Å². The molecule has 0 aromatic carbocycles. The lowest BCUT2D eigenvalue weighted by Gasteiger charge is -2.40. The van der Waals surface area contributed by atoms with E-state index in [9.17, 15) is 0 Å². The van der Waals surface area contributed by atoms with Crippen LogP contribution in [-0.4, -0.2) is 55.1 Å². The molecule has 2 aliphatic heterocycles. The molecule has 0 spiro atoms. The summed E-state index contributed by atoms with van der Waals surface area (Å²) in [5, 5.41) is 0. The molecule has 2 rings (SSSR count). The van der Waals surface area contributed by atoms with E-state index in [-0.39, 0.29) is 0 Å². The molecule has 20 heavy (non-hydrogen) atoms. The molecule has 0 bridgehead atoms.